The Morgan fingerprint density at radius 3 is 1.58 bits per heavy atom. The summed E-state index contributed by atoms with van der Waals surface area (Å²) in [5, 5.41) is 6.20. The number of benzene rings is 7. The Labute approximate surface area is 260 Å². The normalized spacial score (nSPS) is 12.0. The van der Waals surface area contributed by atoms with E-state index >= 15 is 0 Å². The van der Waals surface area contributed by atoms with Crippen molar-refractivity contribution in [3.8, 4) is 50.2 Å². The number of fused-ring (bicyclic) bond motifs is 16. The van der Waals surface area contributed by atoms with Crippen LogP contribution < -0.4 is 0 Å². The number of hydrogen-bond acceptors (Lipinski definition) is 1. The van der Waals surface area contributed by atoms with Gasteiger partial charge in [0, 0.05) is 39.2 Å². The zero-order chi connectivity index (χ0) is 29.5. The summed E-state index contributed by atoms with van der Waals surface area (Å²) in [4.78, 5) is 5.05. The minimum Gasteiger partial charge on any atom is -0.309 e. The van der Waals surface area contributed by atoms with Crippen LogP contribution >= 0.6 is 0 Å². The first-order chi connectivity index (χ1) is 22.4. The Morgan fingerprint density at radius 1 is 0.356 bits per heavy atom. The predicted molar refractivity (Wildman–Crippen MR) is 189 cm³/mol. The van der Waals surface area contributed by atoms with Gasteiger partial charge in [0.25, 0.3) is 0 Å². The molecule has 0 bridgehead atoms. The second-order valence-electron chi connectivity index (χ2n) is 11.9. The molecule has 0 atom stereocenters. The van der Waals surface area contributed by atoms with Crippen LogP contribution in [-0.4, -0.2) is 9.55 Å². The molecule has 45 heavy (non-hydrogen) atoms. The van der Waals surface area contributed by atoms with E-state index < -0.39 is 0 Å². The molecule has 208 valence electrons. The molecular weight excluding hydrogens is 544 g/mol. The van der Waals surface area contributed by atoms with Crippen molar-refractivity contribution in [3.05, 3.63) is 158 Å². The fourth-order valence-electron chi connectivity index (χ4n) is 7.75. The topological polar surface area (TPSA) is 17.8 Å². The van der Waals surface area contributed by atoms with Gasteiger partial charge >= 0.3 is 0 Å². The van der Waals surface area contributed by atoms with Gasteiger partial charge in [0.05, 0.1) is 16.6 Å². The summed E-state index contributed by atoms with van der Waals surface area (Å²) in [7, 11) is 0. The van der Waals surface area contributed by atoms with Gasteiger partial charge in [-0.15, -0.1) is 0 Å². The Hall–Kier alpha value is -5.99. The number of rotatable bonds is 1. The van der Waals surface area contributed by atoms with Gasteiger partial charge in [-0.2, -0.15) is 0 Å². The molecule has 2 heteroatoms. The van der Waals surface area contributed by atoms with Crippen LogP contribution in [-0.2, 0) is 0 Å². The molecule has 0 unspecified atom stereocenters. The molecule has 0 aliphatic heterocycles. The van der Waals surface area contributed by atoms with E-state index in [1.165, 1.54) is 82.5 Å². The summed E-state index contributed by atoms with van der Waals surface area (Å²) in [6.45, 7) is 0. The molecule has 0 saturated heterocycles. The molecule has 0 radical (unpaired) electrons. The zero-order valence-corrected chi connectivity index (χ0v) is 24.4. The van der Waals surface area contributed by atoms with Crippen LogP contribution in [0.1, 0.15) is 0 Å². The van der Waals surface area contributed by atoms with E-state index in [9.17, 15) is 0 Å². The molecule has 2 nitrogen and oxygen atoms in total. The van der Waals surface area contributed by atoms with Crippen LogP contribution in [0, 0.1) is 0 Å². The Balaban J connectivity index is 1.37. The number of hydrogen-bond donors (Lipinski definition) is 0. The van der Waals surface area contributed by atoms with Crippen LogP contribution in [0.5, 0.6) is 0 Å². The van der Waals surface area contributed by atoms with E-state index in [2.05, 4.69) is 156 Å². The lowest BCUT2D eigenvalue weighted by Crippen LogP contribution is -2.01. The monoisotopic (exact) mass is 570 g/mol. The molecule has 1 aliphatic rings. The second-order valence-corrected chi connectivity index (χ2v) is 11.9. The van der Waals surface area contributed by atoms with E-state index in [0.717, 1.165) is 11.2 Å². The van der Waals surface area contributed by atoms with Crippen molar-refractivity contribution < 1.29 is 0 Å². The standard InChI is InChI=1S/C43H26N2/c1-6-19-36-28(12-1)31-24-23-27(45-39-21-9-7-15-32(39)33-16-8-10-22-40(33)45)26-38(31)30-14-3-5-18-35(30)41-34-17-4-2-13-29(34)37-20-11-25-44-43(37)42(36)41/h1-26H. The van der Waals surface area contributed by atoms with E-state index in [1.54, 1.807) is 0 Å². The lowest BCUT2D eigenvalue weighted by atomic mass is 9.78. The maximum absolute atomic E-state index is 5.05. The lowest BCUT2D eigenvalue weighted by Gasteiger charge is -2.26. The minimum atomic E-state index is 1.04. The zero-order valence-electron chi connectivity index (χ0n) is 24.4. The van der Waals surface area contributed by atoms with E-state index in [0.29, 0.717) is 0 Å². The molecule has 0 spiro atoms. The molecule has 2 aromatic heterocycles. The Morgan fingerprint density at radius 2 is 0.867 bits per heavy atom. The van der Waals surface area contributed by atoms with Gasteiger partial charge in [0.2, 0.25) is 0 Å². The van der Waals surface area contributed by atoms with Gasteiger partial charge in [-0.25, -0.2) is 0 Å². The summed E-state index contributed by atoms with van der Waals surface area (Å²) < 4.78 is 2.42. The van der Waals surface area contributed by atoms with Crippen LogP contribution in [0.4, 0.5) is 0 Å². The highest BCUT2D eigenvalue weighted by Crippen LogP contribution is 2.52. The fourth-order valence-corrected chi connectivity index (χ4v) is 7.75. The second kappa shape index (κ2) is 9.25. The highest BCUT2D eigenvalue weighted by molar-refractivity contribution is 6.23. The maximum atomic E-state index is 5.05. The quantitative estimate of drug-likeness (QED) is 0.180. The van der Waals surface area contributed by atoms with Crippen LogP contribution in [0.25, 0.3) is 93.7 Å². The molecule has 1 aliphatic carbocycles. The fraction of sp³-hybridized carbons (Fsp3) is 0. The van der Waals surface area contributed by atoms with Crippen molar-refractivity contribution in [2.24, 2.45) is 0 Å². The van der Waals surface area contributed by atoms with E-state index in [-0.39, 0.29) is 0 Å². The Kier molecular flexibility index (Phi) is 5.03. The first kappa shape index (κ1) is 24.5. The van der Waals surface area contributed by atoms with Gasteiger partial charge in [-0.05, 0) is 74.5 Å². The number of para-hydroxylation sites is 2. The average Bonchev–Trinajstić information content (AvgIpc) is 3.45. The first-order valence-corrected chi connectivity index (χ1v) is 15.5. The van der Waals surface area contributed by atoms with Gasteiger partial charge in [-0.3, -0.25) is 4.98 Å². The third kappa shape index (κ3) is 3.37. The van der Waals surface area contributed by atoms with Crippen LogP contribution in [0.15, 0.2) is 158 Å². The summed E-state index contributed by atoms with van der Waals surface area (Å²) >= 11 is 0. The highest BCUT2D eigenvalue weighted by atomic mass is 15.0. The number of aromatic nitrogens is 2. The molecule has 0 fully saturated rings. The van der Waals surface area contributed by atoms with Gasteiger partial charge in [0.15, 0.2) is 0 Å². The Bertz CT molecular complexity index is 2600. The smallest absolute Gasteiger partial charge is 0.0793 e. The predicted octanol–water partition coefficient (Wildman–Crippen LogP) is 11.5. The van der Waals surface area contributed by atoms with Crippen molar-refractivity contribution in [2.45, 2.75) is 0 Å². The summed E-state index contributed by atoms with van der Waals surface area (Å²) in [5.74, 6) is 0. The van der Waals surface area contributed by atoms with Crippen LogP contribution in [0.2, 0.25) is 0 Å². The van der Waals surface area contributed by atoms with Crippen LogP contribution in [0.3, 0.4) is 0 Å². The lowest BCUT2D eigenvalue weighted by molar-refractivity contribution is 1.18. The molecule has 9 aromatic rings. The molecule has 10 rings (SSSR count). The third-order valence-corrected chi connectivity index (χ3v) is 9.60. The third-order valence-electron chi connectivity index (χ3n) is 9.60. The SMILES string of the molecule is c1ccc2c(c1)-c1cc(-n3c4ccccc4c4ccccc43)ccc1-c1ccccc1-c1c-2c2ccccc2c2cccnc12. The van der Waals surface area contributed by atoms with Crippen molar-refractivity contribution in [2.75, 3.05) is 0 Å². The van der Waals surface area contributed by atoms with Gasteiger partial charge in [0.1, 0.15) is 0 Å². The van der Waals surface area contributed by atoms with Crippen molar-refractivity contribution >= 4 is 43.5 Å². The maximum Gasteiger partial charge on any atom is 0.0793 e. The van der Waals surface area contributed by atoms with Crippen molar-refractivity contribution in [3.63, 3.8) is 0 Å². The summed E-state index contributed by atoms with van der Waals surface area (Å²) in [6.07, 6.45) is 1.93. The minimum absolute atomic E-state index is 1.04. The average molecular weight is 571 g/mol. The summed E-state index contributed by atoms with van der Waals surface area (Å²) in [6, 6.07) is 55.3. The largest absolute Gasteiger partial charge is 0.309 e. The molecule has 0 saturated carbocycles. The molecule has 0 N–H and O–H groups in total. The number of pyridine rings is 1. The highest BCUT2D eigenvalue weighted by Gasteiger charge is 2.26. The van der Waals surface area contributed by atoms with Gasteiger partial charge < -0.3 is 4.57 Å². The van der Waals surface area contributed by atoms with E-state index in [4.69, 9.17) is 4.98 Å². The number of nitrogens with zero attached hydrogens (tertiary/aromatic N) is 2. The molecule has 0 amide bonds. The summed E-state index contributed by atoms with van der Waals surface area (Å²) in [5.41, 5.74) is 14.4. The molecule has 7 aromatic carbocycles. The van der Waals surface area contributed by atoms with Crippen molar-refractivity contribution in [1.29, 1.82) is 0 Å². The first-order valence-electron chi connectivity index (χ1n) is 15.5. The van der Waals surface area contributed by atoms with Crippen molar-refractivity contribution in [1.82, 2.24) is 9.55 Å². The van der Waals surface area contributed by atoms with E-state index in [1.807, 2.05) is 6.20 Å². The molecular formula is C43H26N2. The van der Waals surface area contributed by atoms with Gasteiger partial charge in [-0.1, -0.05) is 121 Å². The molecule has 2 heterocycles.